The SMILES string of the molecule is CCCCC[CH2][Al+][CH2]CCCCC.[Br-]. The van der Waals surface area contributed by atoms with Crippen LogP contribution in [0.5, 0.6) is 0 Å². The molecular formula is C12H26AlBr. The van der Waals surface area contributed by atoms with Gasteiger partial charge in [0.1, 0.15) is 0 Å². The number of halogens is 1. The number of hydrogen-bond donors (Lipinski definition) is 0. The Bertz CT molecular complexity index is 76.4. The summed E-state index contributed by atoms with van der Waals surface area (Å²) in [5.41, 5.74) is 0. The van der Waals surface area contributed by atoms with E-state index in [-0.39, 0.29) is 17.0 Å². The zero-order valence-electron chi connectivity index (χ0n) is 10.0. The van der Waals surface area contributed by atoms with Crippen LogP contribution < -0.4 is 17.0 Å². The molecule has 0 spiro atoms. The summed E-state index contributed by atoms with van der Waals surface area (Å²) < 4.78 is 0. The van der Waals surface area contributed by atoms with Gasteiger partial charge in [0, 0.05) is 0 Å². The summed E-state index contributed by atoms with van der Waals surface area (Å²) in [6.07, 6.45) is 11.7. The van der Waals surface area contributed by atoms with Crippen LogP contribution in [0.3, 0.4) is 0 Å². The van der Waals surface area contributed by atoms with Crippen LogP contribution in [-0.2, 0) is 0 Å². The molecule has 2 heteroatoms. The van der Waals surface area contributed by atoms with Crippen molar-refractivity contribution in [3.05, 3.63) is 0 Å². The minimum atomic E-state index is 0. The minimum absolute atomic E-state index is 0. The largest absolute Gasteiger partial charge is 1.00 e. The van der Waals surface area contributed by atoms with E-state index in [4.69, 9.17) is 0 Å². The third-order valence-electron chi connectivity index (χ3n) is 2.52. The maximum atomic E-state index is 2.29. The smallest absolute Gasteiger partial charge is 1.00 e. The minimum Gasteiger partial charge on any atom is -1.00 e. The second-order valence-corrected chi connectivity index (χ2v) is 5.72. The van der Waals surface area contributed by atoms with Crippen LogP contribution in [0.25, 0.3) is 0 Å². The van der Waals surface area contributed by atoms with Crippen LogP contribution in [0, 0.1) is 0 Å². The van der Waals surface area contributed by atoms with Gasteiger partial charge in [0.2, 0.25) is 0 Å². The van der Waals surface area contributed by atoms with Crippen molar-refractivity contribution in [1.29, 1.82) is 0 Å². The number of rotatable bonds is 10. The Morgan fingerprint density at radius 2 is 1.07 bits per heavy atom. The molecule has 0 fully saturated rings. The van der Waals surface area contributed by atoms with Gasteiger partial charge in [-0.05, 0) is 0 Å². The molecule has 0 N–H and O–H groups in total. The summed E-state index contributed by atoms with van der Waals surface area (Å²) in [4.78, 5) is 0. The Labute approximate surface area is 108 Å². The van der Waals surface area contributed by atoms with Crippen LogP contribution in [0.1, 0.15) is 65.2 Å². The molecule has 0 bridgehead atoms. The zero-order chi connectivity index (χ0) is 9.78. The summed E-state index contributed by atoms with van der Waals surface area (Å²) in [6.45, 7) is 4.58. The first-order valence-corrected chi connectivity index (χ1v) is 7.86. The van der Waals surface area contributed by atoms with Crippen molar-refractivity contribution in [1.82, 2.24) is 0 Å². The Morgan fingerprint density at radius 1 is 0.643 bits per heavy atom. The first-order valence-electron chi connectivity index (χ1n) is 6.23. The van der Waals surface area contributed by atoms with Crippen molar-refractivity contribution in [3.63, 3.8) is 0 Å². The predicted octanol–water partition coefficient (Wildman–Crippen LogP) is 1.69. The third kappa shape index (κ3) is 15.5. The first kappa shape index (κ1) is 17.4. The Kier molecular flexibility index (Phi) is 20.4. The molecular weight excluding hydrogens is 251 g/mol. The molecule has 0 saturated heterocycles. The van der Waals surface area contributed by atoms with Crippen molar-refractivity contribution in [2.75, 3.05) is 0 Å². The molecule has 0 aliphatic rings. The topological polar surface area (TPSA) is 0 Å². The van der Waals surface area contributed by atoms with E-state index in [0.717, 1.165) is 15.2 Å². The zero-order valence-corrected chi connectivity index (χ0v) is 12.8. The van der Waals surface area contributed by atoms with E-state index in [1.54, 1.807) is 10.6 Å². The van der Waals surface area contributed by atoms with Gasteiger partial charge in [0.05, 0.1) is 0 Å². The molecule has 0 rings (SSSR count). The van der Waals surface area contributed by atoms with Crippen molar-refractivity contribution < 1.29 is 17.0 Å². The molecule has 0 aliphatic heterocycles. The third-order valence-corrected chi connectivity index (χ3v) is 4.16. The van der Waals surface area contributed by atoms with Gasteiger partial charge in [-0.3, -0.25) is 0 Å². The van der Waals surface area contributed by atoms with Crippen molar-refractivity contribution >= 4 is 15.2 Å². The molecule has 0 radical (unpaired) electrons. The summed E-state index contributed by atoms with van der Waals surface area (Å²) in [6, 6.07) is 0. The standard InChI is InChI=1S/2C6H13.Al.BrH/c2*1-3-5-6-4-2;;/h2*1,3-6H2,2H3;;1H/q;;+1;/p-1. The van der Waals surface area contributed by atoms with E-state index < -0.39 is 0 Å². The summed E-state index contributed by atoms with van der Waals surface area (Å²) >= 11 is 0.805. The molecule has 0 saturated carbocycles. The Hall–Kier alpha value is 1.01. The summed E-state index contributed by atoms with van der Waals surface area (Å²) in [5, 5.41) is 3.12. The van der Waals surface area contributed by atoms with E-state index >= 15 is 0 Å². The van der Waals surface area contributed by atoms with Crippen LogP contribution in [-0.4, -0.2) is 15.2 Å². The molecule has 0 unspecified atom stereocenters. The van der Waals surface area contributed by atoms with Gasteiger partial charge in [0.25, 0.3) is 0 Å². The molecule has 0 amide bonds. The number of hydrogen-bond acceptors (Lipinski definition) is 0. The average Bonchev–Trinajstić information content (AvgIpc) is 2.16. The van der Waals surface area contributed by atoms with Crippen LogP contribution in [0.2, 0.25) is 10.6 Å². The van der Waals surface area contributed by atoms with Gasteiger partial charge in [-0.15, -0.1) is 0 Å². The first-order chi connectivity index (χ1) is 6.41. The quantitative estimate of drug-likeness (QED) is 0.421. The van der Waals surface area contributed by atoms with E-state index in [1.807, 2.05) is 0 Å². The normalized spacial score (nSPS) is 9.29. The monoisotopic (exact) mass is 276 g/mol. The van der Waals surface area contributed by atoms with Crippen molar-refractivity contribution in [2.45, 2.75) is 75.8 Å². The molecule has 0 aromatic heterocycles. The van der Waals surface area contributed by atoms with Crippen molar-refractivity contribution in [3.8, 4) is 0 Å². The maximum Gasteiger partial charge on any atom is -1.00 e. The van der Waals surface area contributed by atoms with E-state index in [9.17, 15) is 0 Å². The average molecular weight is 277 g/mol. The van der Waals surface area contributed by atoms with E-state index in [1.165, 1.54) is 51.4 Å². The van der Waals surface area contributed by atoms with E-state index in [0.29, 0.717) is 0 Å². The Morgan fingerprint density at radius 3 is 1.43 bits per heavy atom. The van der Waals surface area contributed by atoms with Gasteiger partial charge >= 0.3 is 91.0 Å². The number of unbranched alkanes of at least 4 members (excludes halogenated alkanes) is 6. The van der Waals surface area contributed by atoms with Gasteiger partial charge in [-0.2, -0.15) is 0 Å². The fourth-order valence-corrected chi connectivity index (χ4v) is 3.02. The molecule has 0 aromatic carbocycles. The van der Waals surface area contributed by atoms with Crippen molar-refractivity contribution in [2.24, 2.45) is 0 Å². The van der Waals surface area contributed by atoms with Crippen LogP contribution in [0.15, 0.2) is 0 Å². The molecule has 84 valence electrons. The van der Waals surface area contributed by atoms with Gasteiger partial charge in [-0.25, -0.2) is 0 Å². The predicted molar refractivity (Wildman–Crippen MR) is 63.7 cm³/mol. The van der Waals surface area contributed by atoms with Crippen LogP contribution in [0.4, 0.5) is 0 Å². The van der Waals surface area contributed by atoms with E-state index in [2.05, 4.69) is 13.8 Å². The van der Waals surface area contributed by atoms with Gasteiger partial charge < -0.3 is 17.0 Å². The molecule has 0 heterocycles. The summed E-state index contributed by atoms with van der Waals surface area (Å²) in [7, 11) is 0. The maximum absolute atomic E-state index is 2.29. The molecule has 0 nitrogen and oxygen atoms in total. The fraction of sp³-hybridized carbons (Fsp3) is 1.00. The summed E-state index contributed by atoms with van der Waals surface area (Å²) in [5.74, 6) is 0. The van der Waals surface area contributed by atoms with Gasteiger partial charge in [-0.1, -0.05) is 0 Å². The fourth-order valence-electron chi connectivity index (χ4n) is 1.58. The molecule has 0 atom stereocenters. The van der Waals surface area contributed by atoms with Crippen LogP contribution >= 0.6 is 0 Å². The second-order valence-electron chi connectivity index (χ2n) is 3.99. The Balaban J connectivity index is 0. The molecule has 0 aliphatic carbocycles. The molecule has 0 aromatic rings. The second kappa shape index (κ2) is 16.4. The molecule has 14 heavy (non-hydrogen) atoms. The van der Waals surface area contributed by atoms with Gasteiger partial charge in [0.15, 0.2) is 0 Å².